The first-order chi connectivity index (χ1) is 15.0. The van der Waals surface area contributed by atoms with E-state index in [9.17, 15) is 14.4 Å². The normalized spacial score (nSPS) is 19.6. The number of imide groups is 1. The highest BCUT2D eigenvalue weighted by Gasteiger charge is 2.48. The monoisotopic (exact) mass is 416 g/mol. The van der Waals surface area contributed by atoms with Crippen LogP contribution in [0, 0.1) is 11.8 Å². The fourth-order valence-corrected chi connectivity index (χ4v) is 3.98. The van der Waals surface area contributed by atoms with E-state index >= 15 is 0 Å². The van der Waals surface area contributed by atoms with Gasteiger partial charge in [-0.2, -0.15) is 0 Å². The Balaban J connectivity index is 0.00000245. The lowest BCUT2D eigenvalue weighted by atomic mass is 9.98. The first-order valence-corrected chi connectivity index (χ1v) is 9.68. The van der Waals surface area contributed by atoms with Crippen LogP contribution in [0.5, 0.6) is 5.75 Å². The molecule has 8 heteroatoms. The van der Waals surface area contributed by atoms with Crippen molar-refractivity contribution in [1.82, 2.24) is 20.5 Å². The summed E-state index contributed by atoms with van der Waals surface area (Å²) < 4.78 is 5.21. The fraction of sp³-hybridized carbons (Fsp3) is 0.174. The molecule has 8 nitrogen and oxygen atoms in total. The lowest BCUT2D eigenvalue weighted by Gasteiger charge is -2.26. The molecule has 3 aromatic rings. The molecule has 31 heavy (non-hydrogen) atoms. The maximum atomic E-state index is 13.0. The number of methoxy groups -OCH3 is 1. The van der Waals surface area contributed by atoms with Gasteiger partial charge in [-0.05, 0) is 35.9 Å². The number of urea groups is 1. The Hall–Kier alpha value is -4.25. The zero-order valence-electron chi connectivity index (χ0n) is 16.6. The fourth-order valence-electron chi connectivity index (χ4n) is 3.98. The molecule has 0 spiro atoms. The third-order valence-corrected chi connectivity index (χ3v) is 5.57. The number of carbonyl (C=O) groups excluding carboxylic acids is 3. The van der Waals surface area contributed by atoms with E-state index in [0.717, 1.165) is 16.5 Å². The minimum Gasteiger partial charge on any atom is -0.497 e. The number of hydrogen-bond acceptors (Lipinski definition) is 4. The first kappa shape index (κ1) is 18.8. The summed E-state index contributed by atoms with van der Waals surface area (Å²) in [5, 5.41) is 5.78. The lowest BCUT2D eigenvalue weighted by molar-refractivity contribution is -0.122. The molecule has 3 N–H and O–H groups in total. The van der Waals surface area contributed by atoms with Crippen molar-refractivity contribution in [3.8, 4) is 17.6 Å². The highest BCUT2D eigenvalue weighted by Crippen LogP contribution is 2.28. The summed E-state index contributed by atoms with van der Waals surface area (Å²) in [6, 6.07) is 12.2. The quantitative estimate of drug-likeness (QED) is 0.449. The molecule has 1 saturated heterocycles. The van der Waals surface area contributed by atoms with Gasteiger partial charge in [0, 0.05) is 36.2 Å². The molecule has 0 radical (unpaired) electrons. The van der Waals surface area contributed by atoms with Crippen molar-refractivity contribution in [2.45, 2.75) is 12.1 Å². The molecule has 1 aromatic heterocycles. The predicted octanol–water partition coefficient (Wildman–Crippen LogP) is 2.01. The average molecular weight is 416 g/mol. The number of ether oxygens (including phenoxy) is 1. The summed E-state index contributed by atoms with van der Waals surface area (Å²) >= 11 is 0. The lowest BCUT2D eigenvalue weighted by Crippen LogP contribution is -2.54. The molecule has 0 unspecified atom stereocenters. The number of aromatic nitrogens is 1. The van der Waals surface area contributed by atoms with E-state index in [1.165, 1.54) is 12.0 Å². The molecule has 0 bridgehead atoms. The molecule has 156 valence electrons. The number of amides is 4. The number of nitrogens with zero attached hydrogens (tertiary/aromatic N) is 1. The standard InChI is InChI=1S/C23H18N4O4.H2/c1-31-16-6-5-15-12-27(20(28)18(15)11-16)13-23(21(29)25-22(30)26-23)9-7-14-3-2-4-19-17(14)8-10-24-19;/h2-6,8,10-11,24H,12-13H2,1H3,(H2,25,26,29,30);1H/t23-;/m1./s1. The van der Waals surface area contributed by atoms with Crippen molar-refractivity contribution in [2.75, 3.05) is 13.7 Å². The summed E-state index contributed by atoms with van der Waals surface area (Å²) in [5.41, 5.74) is 1.44. The Morgan fingerprint density at radius 2 is 2.06 bits per heavy atom. The van der Waals surface area contributed by atoms with Gasteiger partial charge in [-0.25, -0.2) is 4.79 Å². The van der Waals surface area contributed by atoms with Crippen molar-refractivity contribution in [3.63, 3.8) is 0 Å². The van der Waals surface area contributed by atoms with Crippen LogP contribution in [-0.4, -0.2) is 46.9 Å². The minimum atomic E-state index is -1.54. The number of carbonyl (C=O) groups is 3. The van der Waals surface area contributed by atoms with E-state index in [4.69, 9.17) is 4.74 Å². The van der Waals surface area contributed by atoms with E-state index < -0.39 is 17.5 Å². The molecular weight excluding hydrogens is 396 g/mol. The maximum Gasteiger partial charge on any atom is 0.323 e. The van der Waals surface area contributed by atoms with Gasteiger partial charge in [-0.3, -0.25) is 14.9 Å². The van der Waals surface area contributed by atoms with Gasteiger partial charge in [0.1, 0.15) is 5.75 Å². The van der Waals surface area contributed by atoms with Gasteiger partial charge >= 0.3 is 6.03 Å². The van der Waals surface area contributed by atoms with Crippen LogP contribution in [0.25, 0.3) is 10.9 Å². The third kappa shape index (κ3) is 3.07. The molecule has 5 rings (SSSR count). The first-order valence-electron chi connectivity index (χ1n) is 9.68. The second kappa shape index (κ2) is 6.92. The van der Waals surface area contributed by atoms with Crippen LogP contribution >= 0.6 is 0 Å². The summed E-state index contributed by atoms with van der Waals surface area (Å²) in [4.78, 5) is 42.3. The molecule has 0 aliphatic carbocycles. The third-order valence-electron chi connectivity index (χ3n) is 5.57. The number of nitrogens with one attached hydrogen (secondary N) is 3. The molecule has 0 saturated carbocycles. The number of H-pyrrole nitrogens is 1. The van der Waals surface area contributed by atoms with E-state index in [0.29, 0.717) is 23.4 Å². The van der Waals surface area contributed by atoms with E-state index in [-0.39, 0.29) is 13.9 Å². The molecule has 3 heterocycles. The van der Waals surface area contributed by atoms with Crippen molar-refractivity contribution in [2.24, 2.45) is 0 Å². The average Bonchev–Trinajstić information content (AvgIpc) is 3.43. The molecule has 2 aliphatic heterocycles. The number of aromatic amines is 1. The van der Waals surface area contributed by atoms with Crippen molar-refractivity contribution in [1.29, 1.82) is 0 Å². The highest BCUT2D eigenvalue weighted by molar-refractivity contribution is 6.10. The van der Waals surface area contributed by atoms with Crippen molar-refractivity contribution in [3.05, 3.63) is 65.4 Å². The van der Waals surface area contributed by atoms with Gasteiger partial charge in [0.15, 0.2) is 0 Å². The smallest absolute Gasteiger partial charge is 0.323 e. The number of benzene rings is 2. The molecule has 2 aromatic carbocycles. The minimum absolute atomic E-state index is 0. The van der Waals surface area contributed by atoms with Crippen LogP contribution in [0.4, 0.5) is 4.79 Å². The summed E-state index contributed by atoms with van der Waals surface area (Å²) in [7, 11) is 1.53. The molecule has 1 fully saturated rings. The zero-order valence-corrected chi connectivity index (χ0v) is 16.6. The summed E-state index contributed by atoms with van der Waals surface area (Å²) in [6.45, 7) is 0.245. The van der Waals surface area contributed by atoms with Crippen LogP contribution in [-0.2, 0) is 11.3 Å². The largest absolute Gasteiger partial charge is 0.497 e. The van der Waals surface area contributed by atoms with E-state index in [2.05, 4.69) is 27.5 Å². The maximum absolute atomic E-state index is 13.0. The highest BCUT2D eigenvalue weighted by atomic mass is 16.5. The van der Waals surface area contributed by atoms with Crippen molar-refractivity contribution >= 4 is 28.7 Å². The van der Waals surface area contributed by atoms with Crippen LogP contribution < -0.4 is 15.4 Å². The van der Waals surface area contributed by atoms with Gasteiger partial charge in [-0.15, -0.1) is 0 Å². The van der Waals surface area contributed by atoms with E-state index in [1.807, 2.05) is 36.5 Å². The number of hydrogen-bond donors (Lipinski definition) is 3. The second-order valence-corrected chi connectivity index (χ2v) is 7.49. The van der Waals surface area contributed by atoms with E-state index in [1.54, 1.807) is 12.1 Å². The summed E-state index contributed by atoms with van der Waals surface area (Å²) in [5.74, 6) is 5.74. The summed E-state index contributed by atoms with van der Waals surface area (Å²) in [6.07, 6.45) is 1.81. The van der Waals surface area contributed by atoms with Crippen LogP contribution in [0.15, 0.2) is 48.7 Å². The molecule has 1 atom stereocenters. The number of rotatable bonds is 3. The Morgan fingerprint density at radius 1 is 1.19 bits per heavy atom. The SMILES string of the molecule is COc1ccc2c(c1)C(=O)N(C[C@@]1(C#Cc3cccc4[nH]ccc34)NC(=O)NC1=O)C2.[HH]. The van der Waals surface area contributed by atoms with Gasteiger partial charge in [0.2, 0.25) is 5.54 Å². The second-order valence-electron chi connectivity index (χ2n) is 7.49. The number of fused-ring (bicyclic) bond motifs is 2. The van der Waals surface area contributed by atoms with Gasteiger partial charge < -0.3 is 19.9 Å². The van der Waals surface area contributed by atoms with Crippen LogP contribution in [0.2, 0.25) is 0 Å². The Kier molecular flexibility index (Phi) is 4.19. The zero-order chi connectivity index (χ0) is 21.6. The van der Waals surface area contributed by atoms with Crippen LogP contribution in [0.1, 0.15) is 22.9 Å². The molecule has 4 amide bonds. The molecule has 2 aliphatic rings. The van der Waals surface area contributed by atoms with Gasteiger partial charge in [-0.1, -0.05) is 24.0 Å². The Labute approximate surface area is 179 Å². The van der Waals surface area contributed by atoms with Crippen molar-refractivity contribution < 1.29 is 20.5 Å². The molecular formula is C23H20N4O4. The predicted molar refractivity (Wildman–Crippen MR) is 114 cm³/mol. The van der Waals surface area contributed by atoms with Gasteiger partial charge in [0.05, 0.1) is 13.7 Å². The Morgan fingerprint density at radius 3 is 2.84 bits per heavy atom. The topological polar surface area (TPSA) is 104 Å². The Bertz CT molecular complexity index is 1320. The van der Waals surface area contributed by atoms with Crippen LogP contribution in [0.3, 0.4) is 0 Å². The van der Waals surface area contributed by atoms with Gasteiger partial charge in [0.25, 0.3) is 11.8 Å².